The molecule has 0 N–H and O–H groups in total. The summed E-state index contributed by atoms with van der Waals surface area (Å²) in [6.45, 7) is 3.98. The number of benzene rings is 1. The Morgan fingerprint density at radius 2 is 1.71 bits per heavy atom. The van der Waals surface area contributed by atoms with Crippen LogP contribution in [0.3, 0.4) is 0 Å². The maximum atomic E-state index is 11.9. The van der Waals surface area contributed by atoms with E-state index in [9.17, 15) is 4.79 Å². The Hall–Kier alpha value is -1.54. The molecular formula is C14H14ClNO. The SMILES string of the molecule is CC(C)n1ccc(-c2ccc(Cl)cc2)cc1=O. The van der Waals surface area contributed by atoms with Gasteiger partial charge in [-0.25, -0.2) is 0 Å². The molecule has 0 radical (unpaired) electrons. The molecule has 2 rings (SSSR count). The van der Waals surface area contributed by atoms with Gasteiger partial charge in [0.2, 0.25) is 0 Å². The molecule has 0 aliphatic rings. The second-order valence-electron chi connectivity index (χ2n) is 4.26. The minimum Gasteiger partial charge on any atom is -0.313 e. The average Bonchev–Trinajstić information content (AvgIpc) is 2.29. The molecule has 1 heterocycles. The van der Waals surface area contributed by atoms with Gasteiger partial charge in [-0.05, 0) is 43.2 Å². The largest absolute Gasteiger partial charge is 0.313 e. The third-order valence-corrected chi connectivity index (χ3v) is 2.93. The smallest absolute Gasteiger partial charge is 0.251 e. The maximum absolute atomic E-state index is 11.9. The first-order valence-corrected chi connectivity index (χ1v) is 5.94. The van der Waals surface area contributed by atoms with E-state index in [0.29, 0.717) is 5.02 Å². The molecule has 0 aliphatic heterocycles. The van der Waals surface area contributed by atoms with Gasteiger partial charge in [0.15, 0.2) is 0 Å². The molecule has 2 nitrogen and oxygen atoms in total. The van der Waals surface area contributed by atoms with Crippen molar-refractivity contribution in [1.82, 2.24) is 4.57 Å². The molecule has 2 aromatic rings. The van der Waals surface area contributed by atoms with Gasteiger partial charge < -0.3 is 4.57 Å². The quantitative estimate of drug-likeness (QED) is 0.792. The van der Waals surface area contributed by atoms with Crippen LogP contribution >= 0.6 is 11.6 Å². The van der Waals surface area contributed by atoms with E-state index < -0.39 is 0 Å². The van der Waals surface area contributed by atoms with Gasteiger partial charge >= 0.3 is 0 Å². The summed E-state index contributed by atoms with van der Waals surface area (Å²) in [6, 6.07) is 11.3. The molecule has 1 aromatic heterocycles. The number of hydrogen-bond acceptors (Lipinski definition) is 1. The van der Waals surface area contributed by atoms with Crippen LogP contribution in [0.5, 0.6) is 0 Å². The highest BCUT2D eigenvalue weighted by atomic mass is 35.5. The highest BCUT2D eigenvalue weighted by Crippen LogP contribution is 2.20. The summed E-state index contributed by atoms with van der Waals surface area (Å²) in [7, 11) is 0. The van der Waals surface area contributed by atoms with Crippen molar-refractivity contribution in [3.8, 4) is 11.1 Å². The number of hydrogen-bond donors (Lipinski definition) is 0. The Labute approximate surface area is 105 Å². The Morgan fingerprint density at radius 1 is 1.06 bits per heavy atom. The van der Waals surface area contributed by atoms with Crippen LogP contribution in [0.25, 0.3) is 11.1 Å². The lowest BCUT2D eigenvalue weighted by molar-refractivity contribution is 0.579. The number of halogens is 1. The van der Waals surface area contributed by atoms with Crippen LogP contribution < -0.4 is 5.56 Å². The maximum Gasteiger partial charge on any atom is 0.251 e. The first-order chi connectivity index (χ1) is 8.08. The third-order valence-electron chi connectivity index (χ3n) is 2.68. The molecule has 0 fully saturated rings. The van der Waals surface area contributed by atoms with E-state index in [2.05, 4.69) is 0 Å². The average molecular weight is 248 g/mol. The van der Waals surface area contributed by atoms with Crippen LogP contribution in [-0.4, -0.2) is 4.57 Å². The molecule has 88 valence electrons. The Morgan fingerprint density at radius 3 is 2.24 bits per heavy atom. The fourth-order valence-corrected chi connectivity index (χ4v) is 1.86. The van der Waals surface area contributed by atoms with Crippen LogP contribution in [0, 0.1) is 0 Å². The van der Waals surface area contributed by atoms with Crippen LogP contribution in [0.1, 0.15) is 19.9 Å². The predicted molar refractivity (Wildman–Crippen MR) is 71.5 cm³/mol. The van der Waals surface area contributed by atoms with Crippen molar-refractivity contribution >= 4 is 11.6 Å². The fourth-order valence-electron chi connectivity index (χ4n) is 1.74. The van der Waals surface area contributed by atoms with Gasteiger partial charge in [-0.1, -0.05) is 23.7 Å². The molecule has 3 heteroatoms. The fraction of sp³-hybridized carbons (Fsp3) is 0.214. The molecule has 1 aromatic carbocycles. The van der Waals surface area contributed by atoms with Gasteiger partial charge in [-0.3, -0.25) is 4.79 Å². The van der Waals surface area contributed by atoms with Crippen molar-refractivity contribution in [1.29, 1.82) is 0 Å². The monoisotopic (exact) mass is 247 g/mol. The van der Waals surface area contributed by atoms with Crippen molar-refractivity contribution in [3.05, 3.63) is 58.0 Å². The zero-order valence-corrected chi connectivity index (χ0v) is 10.6. The van der Waals surface area contributed by atoms with E-state index in [1.807, 2.05) is 50.4 Å². The Bertz CT molecular complexity index is 570. The lowest BCUT2D eigenvalue weighted by Gasteiger charge is -2.10. The molecule has 17 heavy (non-hydrogen) atoms. The van der Waals surface area contributed by atoms with Gasteiger partial charge in [-0.15, -0.1) is 0 Å². The minimum absolute atomic E-state index is 0.0208. The van der Waals surface area contributed by atoms with Crippen molar-refractivity contribution < 1.29 is 0 Å². The number of aromatic nitrogens is 1. The van der Waals surface area contributed by atoms with Crippen LogP contribution in [0.15, 0.2) is 47.4 Å². The van der Waals surface area contributed by atoms with Gasteiger partial charge in [0.05, 0.1) is 0 Å². The summed E-state index contributed by atoms with van der Waals surface area (Å²) in [4.78, 5) is 11.9. The van der Waals surface area contributed by atoms with E-state index in [1.54, 1.807) is 10.6 Å². The van der Waals surface area contributed by atoms with Crippen molar-refractivity contribution in [2.75, 3.05) is 0 Å². The van der Waals surface area contributed by atoms with Gasteiger partial charge in [0, 0.05) is 23.3 Å². The Balaban J connectivity index is 2.45. The summed E-state index contributed by atoms with van der Waals surface area (Å²) < 4.78 is 1.71. The molecule has 0 bridgehead atoms. The summed E-state index contributed by atoms with van der Waals surface area (Å²) in [5, 5.41) is 0.698. The molecular weight excluding hydrogens is 234 g/mol. The molecule has 0 saturated carbocycles. The topological polar surface area (TPSA) is 22.0 Å². The first-order valence-electron chi connectivity index (χ1n) is 5.56. The van der Waals surface area contributed by atoms with Crippen LogP contribution in [-0.2, 0) is 0 Å². The molecule has 0 spiro atoms. The standard InChI is InChI=1S/C14H14ClNO/c1-10(2)16-8-7-12(9-14(16)17)11-3-5-13(15)6-4-11/h3-10H,1-2H3. The van der Waals surface area contributed by atoms with E-state index in [-0.39, 0.29) is 11.6 Å². The number of nitrogens with zero attached hydrogens (tertiary/aromatic N) is 1. The van der Waals surface area contributed by atoms with Crippen molar-refractivity contribution in [2.45, 2.75) is 19.9 Å². The van der Waals surface area contributed by atoms with Crippen molar-refractivity contribution in [2.24, 2.45) is 0 Å². The Kier molecular flexibility index (Phi) is 3.34. The summed E-state index contributed by atoms with van der Waals surface area (Å²) in [6.07, 6.45) is 1.83. The summed E-state index contributed by atoms with van der Waals surface area (Å²) in [5.74, 6) is 0. The zero-order chi connectivity index (χ0) is 12.4. The zero-order valence-electron chi connectivity index (χ0n) is 9.85. The van der Waals surface area contributed by atoms with E-state index in [4.69, 9.17) is 11.6 Å². The van der Waals surface area contributed by atoms with E-state index >= 15 is 0 Å². The van der Waals surface area contributed by atoms with Gasteiger partial charge in [0.25, 0.3) is 5.56 Å². The van der Waals surface area contributed by atoms with Gasteiger partial charge in [0.1, 0.15) is 0 Å². The van der Waals surface area contributed by atoms with E-state index in [0.717, 1.165) is 11.1 Å². The molecule has 0 unspecified atom stereocenters. The molecule has 0 aliphatic carbocycles. The lowest BCUT2D eigenvalue weighted by atomic mass is 10.1. The van der Waals surface area contributed by atoms with Gasteiger partial charge in [-0.2, -0.15) is 0 Å². The van der Waals surface area contributed by atoms with E-state index in [1.165, 1.54) is 0 Å². The predicted octanol–water partition coefficient (Wildman–Crippen LogP) is 3.75. The number of pyridine rings is 1. The second-order valence-corrected chi connectivity index (χ2v) is 4.70. The normalized spacial score (nSPS) is 10.8. The minimum atomic E-state index is 0.0208. The highest BCUT2D eigenvalue weighted by molar-refractivity contribution is 6.30. The van der Waals surface area contributed by atoms with Crippen molar-refractivity contribution in [3.63, 3.8) is 0 Å². The highest BCUT2D eigenvalue weighted by Gasteiger charge is 2.03. The summed E-state index contributed by atoms with van der Waals surface area (Å²) in [5.41, 5.74) is 1.94. The number of rotatable bonds is 2. The molecule has 0 amide bonds. The first kappa shape index (κ1) is 11.9. The molecule has 0 saturated heterocycles. The summed E-state index contributed by atoms with van der Waals surface area (Å²) >= 11 is 5.83. The second kappa shape index (κ2) is 4.76. The molecule has 0 atom stereocenters. The van der Waals surface area contributed by atoms with Crippen LogP contribution in [0.2, 0.25) is 5.02 Å². The van der Waals surface area contributed by atoms with Crippen LogP contribution in [0.4, 0.5) is 0 Å². The third kappa shape index (κ3) is 2.59. The lowest BCUT2D eigenvalue weighted by Crippen LogP contribution is -2.20.